The molecule has 0 saturated heterocycles. The molecule has 1 heterocycles. The van der Waals surface area contributed by atoms with Crippen LogP contribution in [0.25, 0.3) is 10.4 Å². The topological polar surface area (TPSA) is 84.5 Å². The van der Waals surface area contributed by atoms with Gasteiger partial charge in [0.2, 0.25) is 5.91 Å². The van der Waals surface area contributed by atoms with Gasteiger partial charge in [0.25, 0.3) is 5.91 Å². The zero-order chi connectivity index (χ0) is 18.2. The lowest BCUT2D eigenvalue weighted by Crippen LogP contribution is -2.38. The van der Waals surface area contributed by atoms with Crippen molar-refractivity contribution in [1.29, 1.82) is 0 Å². The Bertz CT molecular complexity index is 758. The van der Waals surface area contributed by atoms with Gasteiger partial charge in [0.1, 0.15) is 10.7 Å². The van der Waals surface area contributed by atoms with Gasteiger partial charge in [-0.2, -0.15) is 0 Å². The van der Waals surface area contributed by atoms with Crippen molar-refractivity contribution >= 4 is 29.1 Å². The van der Waals surface area contributed by atoms with Gasteiger partial charge < -0.3 is 15.4 Å². The third-order valence-electron chi connectivity index (χ3n) is 3.09. The Labute approximate surface area is 148 Å². The fraction of sp³-hybridized carbons (Fsp3) is 0.235. The predicted octanol–water partition coefficient (Wildman–Crippen LogP) is 1.96. The monoisotopic (exact) mass is 364 g/mol. The maximum atomic E-state index is 12.9. The molecule has 2 rings (SSSR count). The smallest absolute Gasteiger partial charge is 0.348 e. The summed E-state index contributed by atoms with van der Waals surface area (Å²) in [4.78, 5) is 35.8. The van der Waals surface area contributed by atoms with Crippen molar-refractivity contribution in [1.82, 2.24) is 10.6 Å². The molecule has 2 aromatic rings. The fourth-order valence-electron chi connectivity index (χ4n) is 1.91. The summed E-state index contributed by atoms with van der Waals surface area (Å²) in [5, 5.41) is 4.88. The number of carbonyl (C=O) groups is 3. The van der Waals surface area contributed by atoms with Crippen molar-refractivity contribution in [3.05, 3.63) is 47.1 Å². The van der Waals surface area contributed by atoms with Crippen molar-refractivity contribution < 1.29 is 23.5 Å². The molecule has 0 saturated carbocycles. The molecule has 0 unspecified atom stereocenters. The van der Waals surface area contributed by atoms with E-state index in [-0.39, 0.29) is 18.3 Å². The zero-order valence-electron chi connectivity index (χ0n) is 13.5. The quantitative estimate of drug-likeness (QED) is 0.736. The average Bonchev–Trinajstić information content (AvgIpc) is 3.09. The molecule has 0 aliphatic carbocycles. The van der Waals surface area contributed by atoms with Crippen LogP contribution in [0.5, 0.6) is 0 Å². The summed E-state index contributed by atoms with van der Waals surface area (Å²) in [6, 6.07) is 9.22. The number of rotatable bonds is 7. The molecule has 0 fully saturated rings. The normalized spacial score (nSPS) is 10.2. The highest BCUT2D eigenvalue weighted by Gasteiger charge is 2.14. The standard InChI is InChI=1S/C17H17FN2O4S/c1-2-19-15(21)9-20-16(22)10-24-17(23)14-8-7-13(25-14)11-3-5-12(18)6-4-11/h3-8H,2,9-10H2,1H3,(H,19,21)(H,20,22). The van der Waals surface area contributed by atoms with Crippen LogP contribution >= 0.6 is 11.3 Å². The molecule has 1 aromatic carbocycles. The van der Waals surface area contributed by atoms with E-state index in [1.807, 2.05) is 0 Å². The maximum absolute atomic E-state index is 12.9. The molecule has 2 N–H and O–H groups in total. The molecule has 8 heteroatoms. The van der Waals surface area contributed by atoms with Gasteiger partial charge >= 0.3 is 5.97 Å². The minimum absolute atomic E-state index is 0.169. The Morgan fingerprint density at radius 2 is 1.76 bits per heavy atom. The molecular formula is C17H17FN2O4S. The van der Waals surface area contributed by atoms with Gasteiger partial charge in [-0.25, -0.2) is 9.18 Å². The molecule has 2 amide bonds. The van der Waals surface area contributed by atoms with Crippen LogP contribution in [0.1, 0.15) is 16.6 Å². The number of thiophene rings is 1. The van der Waals surface area contributed by atoms with E-state index in [0.29, 0.717) is 11.4 Å². The third kappa shape index (κ3) is 5.68. The molecule has 0 atom stereocenters. The van der Waals surface area contributed by atoms with Crippen LogP contribution in [0.3, 0.4) is 0 Å². The van der Waals surface area contributed by atoms with Crippen LogP contribution in [-0.4, -0.2) is 37.5 Å². The highest BCUT2D eigenvalue weighted by Crippen LogP contribution is 2.28. The van der Waals surface area contributed by atoms with Gasteiger partial charge in [-0.15, -0.1) is 11.3 Å². The second-order valence-electron chi connectivity index (χ2n) is 4.98. The van der Waals surface area contributed by atoms with Gasteiger partial charge in [0.05, 0.1) is 6.54 Å². The third-order valence-corrected chi connectivity index (χ3v) is 4.20. The summed E-state index contributed by atoms with van der Waals surface area (Å²) in [7, 11) is 0. The number of hydrogen-bond donors (Lipinski definition) is 2. The second-order valence-corrected chi connectivity index (χ2v) is 6.06. The SMILES string of the molecule is CCNC(=O)CNC(=O)COC(=O)c1ccc(-c2ccc(F)cc2)s1. The zero-order valence-corrected chi connectivity index (χ0v) is 14.3. The average molecular weight is 364 g/mol. The number of ether oxygens (including phenoxy) is 1. The Hall–Kier alpha value is -2.74. The van der Waals surface area contributed by atoms with Gasteiger partial charge in [0, 0.05) is 11.4 Å². The first-order valence-corrected chi connectivity index (χ1v) is 8.37. The first-order valence-electron chi connectivity index (χ1n) is 7.56. The molecule has 25 heavy (non-hydrogen) atoms. The molecule has 132 valence electrons. The van der Waals surface area contributed by atoms with E-state index in [9.17, 15) is 18.8 Å². The van der Waals surface area contributed by atoms with Gasteiger partial charge in [-0.05, 0) is 36.8 Å². The Morgan fingerprint density at radius 3 is 2.44 bits per heavy atom. The van der Waals surface area contributed by atoms with Crippen LogP contribution in [-0.2, 0) is 14.3 Å². The molecular weight excluding hydrogens is 347 g/mol. The maximum Gasteiger partial charge on any atom is 0.348 e. The summed E-state index contributed by atoms with van der Waals surface area (Å²) in [5.41, 5.74) is 0.783. The van der Waals surface area contributed by atoms with Gasteiger partial charge in [0.15, 0.2) is 6.61 Å². The lowest BCUT2D eigenvalue weighted by atomic mass is 10.2. The van der Waals surface area contributed by atoms with Gasteiger partial charge in [-0.1, -0.05) is 12.1 Å². The number of nitrogens with one attached hydrogen (secondary N) is 2. The summed E-state index contributed by atoms with van der Waals surface area (Å²) in [6.45, 7) is 1.60. The number of likely N-dealkylation sites (N-methyl/N-ethyl adjacent to an activating group) is 1. The largest absolute Gasteiger partial charge is 0.451 e. The number of hydrogen-bond acceptors (Lipinski definition) is 5. The van der Waals surface area contributed by atoms with Crippen LogP contribution in [0, 0.1) is 5.82 Å². The molecule has 0 radical (unpaired) electrons. The number of halogens is 1. The minimum Gasteiger partial charge on any atom is -0.451 e. The van der Waals surface area contributed by atoms with E-state index in [1.54, 1.807) is 31.2 Å². The summed E-state index contributed by atoms with van der Waals surface area (Å²) in [6.07, 6.45) is 0. The van der Waals surface area contributed by atoms with Gasteiger partial charge in [-0.3, -0.25) is 9.59 Å². The number of esters is 1. The fourth-order valence-corrected chi connectivity index (χ4v) is 2.81. The highest BCUT2D eigenvalue weighted by atomic mass is 32.1. The summed E-state index contributed by atoms with van der Waals surface area (Å²) in [5.74, 6) is -1.84. The molecule has 0 aliphatic heterocycles. The lowest BCUT2D eigenvalue weighted by Gasteiger charge is -2.05. The first-order chi connectivity index (χ1) is 12.0. The number of benzene rings is 1. The number of amides is 2. The molecule has 0 aliphatic rings. The highest BCUT2D eigenvalue weighted by molar-refractivity contribution is 7.17. The van der Waals surface area contributed by atoms with Crippen molar-refractivity contribution in [3.8, 4) is 10.4 Å². The second kappa shape index (κ2) is 8.93. The van der Waals surface area contributed by atoms with Crippen molar-refractivity contribution in [2.24, 2.45) is 0 Å². The summed E-state index contributed by atoms with van der Waals surface area (Å²) < 4.78 is 17.9. The molecule has 6 nitrogen and oxygen atoms in total. The minimum atomic E-state index is -0.633. The van der Waals surface area contributed by atoms with Crippen LogP contribution in [0.2, 0.25) is 0 Å². The Morgan fingerprint density at radius 1 is 1.04 bits per heavy atom. The molecule has 0 bridgehead atoms. The Balaban J connectivity index is 1.84. The van der Waals surface area contributed by atoms with E-state index >= 15 is 0 Å². The van der Waals surface area contributed by atoms with E-state index in [1.165, 1.54) is 23.5 Å². The van der Waals surface area contributed by atoms with Crippen molar-refractivity contribution in [2.45, 2.75) is 6.92 Å². The molecule has 0 spiro atoms. The summed E-state index contributed by atoms with van der Waals surface area (Å²) >= 11 is 1.18. The van der Waals surface area contributed by atoms with Crippen molar-refractivity contribution in [2.75, 3.05) is 19.7 Å². The molecule has 1 aromatic heterocycles. The predicted molar refractivity (Wildman–Crippen MR) is 91.7 cm³/mol. The van der Waals surface area contributed by atoms with E-state index in [4.69, 9.17) is 4.74 Å². The van der Waals surface area contributed by atoms with E-state index in [0.717, 1.165) is 10.4 Å². The van der Waals surface area contributed by atoms with E-state index in [2.05, 4.69) is 10.6 Å². The van der Waals surface area contributed by atoms with Crippen molar-refractivity contribution in [3.63, 3.8) is 0 Å². The lowest BCUT2D eigenvalue weighted by molar-refractivity contribution is -0.127. The Kier molecular flexibility index (Phi) is 6.64. The van der Waals surface area contributed by atoms with E-state index < -0.39 is 18.5 Å². The number of carbonyl (C=O) groups excluding carboxylic acids is 3. The van der Waals surface area contributed by atoms with Crippen LogP contribution in [0.15, 0.2) is 36.4 Å². The van der Waals surface area contributed by atoms with Crippen LogP contribution in [0.4, 0.5) is 4.39 Å². The van der Waals surface area contributed by atoms with Crippen LogP contribution < -0.4 is 10.6 Å². The first kappa shape index (κ1) is 18.6.